The highest BCUT2D eigenvalue weighted by molar-refractivity contribution is 7.13. The first-order chi connectivity index (χ1) is 11.7. The number of carbonyl (C=O) groups is 1. The van der Waals surface area contributed by atoms with Crippen LogP contribution in [0.15, 0.2) is 0 Å². The molecule has 134 valence electrons. The summed E-state index contributed by atoms with van der Waals surface area (Å²) in [5.74, 6) is 0.0191. The summed E-state index contributed by atoms with van der Waals surface area (Å²) in [6.07, 6.45) is 3.58. The molecule has 6 nitrogen and oxygen atoms in total. The van der Waals surface area contributed by atoms with Crippen molar-refractivity contribution in [2.75, 3.05) is 59.0 Å². The molecule has 2 saturated heterocycles. The molecule has 24 heavy (non-hydrogen) atoms. The van der Waals surface area contributed by atoms with Gasteiger partial charge in [0.2, 0.25) is 0 Å². The fraction of sp³-hybridized carbons (Fsp3) is 0.765. The van der Waals surface area contributed by atoms with Gasteiger partial charge in [-0.3, -0.25) is 9.69 Å². The van der Waals surface area contributed by atoms with Crippen LogP contribution >= 0.6 is 11.3 Å². The molecule has 2 fully saturated rings. The van der Waals surface area contributed by atoms with E-state index < -0.39 is 0 Å². The summed E-state index contributed by atoms with van der Waals surface area (Å²) >= 11 is 1.55. The molecule has 1 amide bonds. The van der Waals surface area contributed by atoms with E-state index in [0.717, 1.165) is 61.4 Å². The number of nitrogens with one attached hydrogen (secondary N) is 1. The topological polar surface area (TPSA) is 57.7 Å². The number of morpholine rings is 1. The first kappa shape index (κ1) is 17.8. The SMILES string of the molecule is Cc1nc(CCN2CCCC2)sc1C(=O)NCCN1CCOCC1. The van der Waals surface area contributed by atoms with Crippen molar-refractivity contribution in [3.63, 3.8) is 0 Å². The van der Waals surface area contributed by atoms with Crippen LogP contribution in [-0.2, 0) is 11.2 Å². The molecule has 1 aromatic heterocycles. The fourth-order valence-electron chi connectivity index (χ4n) is 3.26. The molecule has 2 aliphatic heterocycles. The standard InChI is InChI=1S/C17H28N4O2S/c1-14-16(17(22)18-5-9-21-10-12-23-13-11-21)24-15(19-14)4-8-20-6-2-3-7-20/h2-13H2,1H3,(H,18,22). The molecule has 3 heterocycles. The van der Waals surface area contributed by atoms with E-state index in [1.54, 1.807) is 11.3 Å². The monoisotopic (exact) mass is 352 g/mol. The maximum atomic E-state index is 12.4. The molecule has 0 spiro atoms. The Labute approximate surface area is 148 Å². The van der Waals surface area contributed by atoms with Crippen LogP contribution in [0.5, 0.6) is 0 Å². The van der Waals surface area contributed by atoms with E-state index >= 15 is 0 Å². The lowest BCUT2D eigenvalue weighted by Gasteiger charge is -2.26. The summed E-state index contributed by atoms with van der Waals surface area (Å²) in [7, 11) is 0. The summed E-state index contributed by atoms with van der Waals surface area (Å²) in [6.45, 7) is 10.5. The number of thiazole rings is 1. The molecule has 1 aromatic rings. The van der Waals surface area contributed by atoms with Crippen molar-refractivity contribution in [1.29, 1.82) is 0 Å². The molecule has 0 radical (unpaired) electrons. The zero-order valence-electron chi connectivity index (χ0n) is 14.6. The van der Waals surface area contributed by atoms with Crippen LogP contribution in [0.1, 0.15) is 33.2 Å². The van der Waals surface area contributed by atoms with Crippen LogP contribution in [0.3, 0.4) is 0 Å². The van der Waals surface area contributed by atoms with Gasteiger partial charge in [0.25, 0.3) is 5.91 Å². The molecule has 1 N–H and O–H groups in total. The van der Waals surface area contributed by atoms with Gasteiger partial charge >= 0.3 is 0 Å². The van der Waals surface area contributed by atoms with E-state index in [4.69, 9.17) is 4.74 Å². The summed E-state index contributed by atoms with van der Waals surface area (Å²) < 4.78 is 5.34. The van der Waals surface area contributed by atoms with Gasteiger partial charge in [-0.15, -0.1) is 11.3 Å². The lowest BCUT2D eigenvalue weighted by atomic mass is 10.3. The van der Waals surface area contributed by atoms with Crippen molar-refractivity contribution in [1.82, 2.24) is 20.1 Å². The lowest BCUT2D eigenvalue weighted by molar-refractivity contribution is 0.0383. The normalized spacial score (nSPS) is 19.7. The molecule has 0 bridgehead atoms. The number of hydrogen-bond donors (Lipinski definition) is 1. The molecule has 0 saturated carbocycles. The van der Waals surface area contributed by atoms with Gasteiger partial charge in [-0.1, -0.05) is 0 Å². The summed E-state index contributed by atoms with van der Waals surface area (Å²) in [5.41, 5.74) is 0.861. The molecule has 0 aliphatic carbocycles. The molecular weight excluding hydrogens is 324 g/mol. The smallest absolute Gasteiger partial charge is 0.263 e. The van der Waals surface area contributed by atoms with E-state index in [-0.39, 0.29) is 5.91 Å². The predicted octanol–water partition coefficient (Wildman–Crippen LogP) is 1.15. The maximum absolute atomic E-state index is 12.4. The Morgan fingerprint density at radius 3 is 2.62 bits per heavy atom. The van der Waals surface area contributed by atoms with Crippen molar-refractivity contribution in [2.45, 2.75) is 26.2 Å². The van der Waals surface area contributed by atoms with Gasteiger partial charge < -0.3 is 15.0 Å². The van der Waals surface area contributed by atoms with Gasteiger partial charge in [0, 0.05) is 39.1 Å². The lowest BCUT2D eigenvalue weighted by Crippen LogP contribution is -2.41. The maximum Gasteiger partial charge on any atom is 0.263 e. The zero-order valence-corrected chi connectivity index (χ0v) is 15.4. The summed E-state index contributed by atoms with van der Waals surface area (Å²) in [4.78, 5) is 22.6. The third-order valence-corrected chi connectivity index (χ3v) is 5.92. The Morgan fingerprint density at radius 2 is 1.88 bits per heavy atom. The number of aromatic nitrogens is 1. The minimum atomic E-state index is 0.0191. The largest absolute Gasteiger partial charge is 0.379 e. The number of ether oxygens (including phenoxy) is 1. The second kappa shape index (κ2) is 8.89. The van der Waals surface area contributed by atoms with Crippen LogP contribution in [0.2, 0.25) is 0 Å². The highest BCUT2D eigenvalue weighted by atomic mass is 32.1. The average molecular weight is 353 g/mol. The molecule has 0 unspecified atom stereocenters. The number of rotatable bonds is 7. The van der Waals surface area contributed by atoms with Gasteiger partial charge in [-0.2, -0.15) is 0 Å². The molecule has 7 heteroatoms. The zero-order chi connectivity index (χ0) is 16.8. The first-order valence-corrected chi connectivity index (χ1v) is 9.81. The number of likely N-dealkylation sites (tertiary alicyclic amines) is 1. The van der Waals surface area contributed by atoms with Gasteiger partial charge in [0.15, 0.2) is 0 Å². The number of aryl methyl sites for hydroxylation is 1. The van der Waals surface area contributed by atoms with E-state index in [2.05, 4.69) is 20.1 Å². The van der Waals surface area contributed by atoms with Gasteiger partial charge in [0.05, 0.1) is 23.9 Å². The highest BCUT2D eigenvalue weighted by Crippen LogP contribution is 2.19. The van der Waals surface area contributed by atoms with Crippen LogP contribution < -0.4 is 5.32 Å². The van der Waals surface area contributed by atoms with Crippen molar-refractivity contribution in [3.05, 3.63) is 15.6 Å². The Morgan fingerprint density at radius 1 is 1.17 bits per heavy atom. The summed E-state index contributed by atoms with van der Waals surface area (Å²) in [6, 6.07) is 0. The molecular formula is C17H28N4O2S. The second-order valence-corrected chi connectivity index (χ2v) is 7.61. The number of nitrogens with zero attached hydrogens (tertiary/aromatic N) is 3. The van der Waals surface area contributed by atoms with Crippen molar-refractivity contribution < 1.29 is 9.53 Å². The Kier molecular flexibility index (Phi) is 6.59. The van der Waals surface area contributed by atoms with Gasteiger partial charge in [-0.25, -0.2) is 4.98 Å². The molecule has 3 rings (SSSR count). The Balaban J connectivity index is 1.43. The van der Waals surface area contributed by atoms with E-state index in [0.29, 0.717) is 6.54 Å². The van der Waals surface area contributed by atoms with E-state index in [1.165, 1.54) is 25.9 Å². The molecule has 0 atom stereocenters. The van der Waals surface area contributed by atoms with Crippen LogP contribution in [0.25, 0.3) is 0 Å². The fourth-order valence-corrected chi connectivity index (χ4v) is 4.23. The highest BCUT2D eigenvalue weighted by Gasteiger charge is 2.17. The van der Waals surface area contributed by atoms with Crippen LogP contribution in [0, 0.1) is 6.92 Å². The Hall–Kier alpha value is -1.02. The number of carbonyl (C=O) groups excluding carboxylic acids is 1. The number of amides is 1. The van der Waals surface area contributed by atoms with Gasteiger partial charge in [0.1, 0.15) is 4.88 Å². The van der Waals surface area contributed by atoms with Gasteiger partial charge in [-0.05, 0) is 32.9 Å². The van der Waals surface area contributed by atoms with Crippen molar-refractivity contribution in [2.24, 2.45) is 0 Å². The third-order valence-electron chi connectivity index (χ3n) is 4.70. The van der Waals surface area contributed by atoms with E-state index in [9.17, 15) is 4.79 Å². The van der Waals surface area contributed by atoms with Crippen molar-refractivity contribution in [3.8, 4) is 0 Å². The molecule has 2 aliphatic rings. The average Bonchev–Trinajstić information content (AvgIpc) is 3.23. The van der Waals surface area contributed by atoms with Crippen LogP contribution in [-0.4, -0.2) is 79.7 Å². The second-order valence-electron chi connectivity index (χ2n) is 6.53. The van der Waals surface area contributed by atoms with Crippen LogP contribution in [0.4, 0.5) is 0 Å². The third kappa shape index (κ3) is 4.99. The predicted molar refractivity (Wildman–Crippen MR) is 95.8 cm³/mol. The minimum absolute atomic E-state index is 0.0191. The molecule has 0 aromatic carbocycles. The minimum Gasteiger partial charge on any atom is -0.379 e. The van der Waals surface area contributed by atoms with Crippen molar-refractivity contribution >= 4 is 17.2 Å². The first-order valence-electron chi connectivity index (χ1n) is 8.99. The Bertz CT molecular complexity index is 537. The summed E-state index contributed by atoms with van der Waals surface area (Å²) in [5, 5.41) is 4.12. The number of hydrogen-bond acceptors (Lipinski definition) is 6. The quantitative estimate of drug-likeness (QED) is 0.798. The van der Waals surface area contributed by atoms with E-state index in [1.807, 2.05) is 6.92 Å².